The zero-order chi connectivity index (χ0) is 9.10. The van der Waals surface area contributed by atoms with E-state index in [4.69, 9.17) is 11.6 Å². The van der Waals surface area contributed by atoms with Gasteiger partial charge in [0.1, 0.15) is 18.1 Å². The van der Waals surface area contributed by atoms with E-state index in [1.165, 1.54) is 0 Å². The second-order valence-electron chi connectivity index (χ2n) is 3.19. The highest BCUT2D eigenvalue weighted by Gasteiger charge is 2.23. The smallest absolute Gasteiger partial charge is 0.199 e. The van der Waals surface area contributed by atoms with Crippen molar-refractivity contribution in [2.45, 2.75) is 0 Å². The van der Waals surface area contributed by atoms with Crippen molar-refractivity contribution in [2.24, 2.45) is 0 Å². The van der Waals surface area contributed by atoms with Gasteiger partial charge in [-0.05, 0) is 6.07 Å². The van der Waals surface area contributed by atoms with Crippen molar-refractivity contribution in [3.8, 4) is 0 Å². The van der Waals surface area contributed by atoms with Gasteiger partial charge in [-0.3, -0.25) is 0 Å². The highest BCUT2D eigenvalue weighted by Crippen LogP contribution is 2.24. The minimum atomic E-state index is 0.851. The van der Waals surface area contributed by atoms with Crippen molar-refractivity contribution < 1.29 is 0 Å². The molecule has 0 aliphatic carbocycles. The zero-order valence-corrected chi connectivity index (χ0v) is 8.22. The lowest BCUT2D eigenvalue weighted by molar-refractivity contribution is 0.439. The van der Waals surface area contributed by atoms with Crippen LogP contribution in [0.25, 0.3) is 0 Å². The number of rotatable bonds is 1. The summed E-state index contributed by atoms with van der Waals surface area (Å²) in [6.07, 6.45) is 0. The minimum absolute atomic E-state index is 0.851. The van der Waals surface area contributed by atoms with Gasteiger partial charge in [-0.2, -0.15) is 0 Å². The molecule has 0 atom stereocenters. The first-order valence-corrected chi connectivity index (χ1v) is 4.96. The summed E-state index contributed by atoms with van der Waals surface area (Å²) in [4.78, 5) is 2.32. The maximum atomic E-state index is 6.10. The Morgan fingerprint density at radius 1 is 1.15 bits per heavy atom. The van der Waals surface area contributed by atoms with Crippen LogP contribution in [0, 0.1) is 0 Å². The highest BCUT2D eigenvalue weighted by molar-refractivity contribution is 6.32. The number of benzene rings is 1. The Morgan fingerprint density at radius 3 is 2.54 bits per heavy atom. The maximum Gasteiger partial charge on any atom is 0.199 e. The molecule has 1 saturated heterocycles. The minimum Gasteiger partial charge on any atom is -0.306 e. The molecule has 1 aliphatic rings. The van der Waals surface area contributed by atoms with Gasteiger partial charge in [-0.1, -0.05) is 23.7 Å². The summed E-state index contributed by atoms with van der Waals surface area (Å²) in [7, 11) is 0. The van der Waals surface area contributed by atoms with E-state index in [1.807, 2.05) is 18.2 Å². The van der Waals surface area contributed by atoms with Gasteiger partial charge in [0.2, 0.25) is 0 Å². The highest BCUT2D eigenvalue weighted by atomic mass is 35.5. The fourth-order valence-corrected chi connectivity index (χ4v) is 1.87. The first-order chi connectivity index (χ1) is 6.38. The fraction of sp³-hybridized carbons (Fsp3) is 0.400. The number of hydrogen-bond acceptors (Lipinski definition) is 2. The van der Waals surface area contributed by atoms with E-state index in [2.05, 4.69) is 16.3 Å². The van der Waals surface area contributed by atoms with Gasteiger partial charge in [0.05, 0.1) is 13.1 Å². The van der Waals surface area contributed by atoms with Gasteiger partial charge >= 0.3 is 0 Å². The first kappa shape index (κ1) is 9.00. The van der Waals surface area contributed by atoms with Crippen LogP contribution in [0.4, 0.5) is 5.69 Å². The molecular weight excluding hydrogens is 184 g/mol. The summed E-state index contributed by atoms with van der Waals surface area (Å²) in [5.41, 5.74) is 1.16. The molecule has 0 spiro atoms. The maximum absolute atomic E-state index is 6.10. The molecule has 0 amide bonds. The van der Waals surface area contributed by atoms with Crippen molar-refractivity contribution in [1.82, 2.24) is 10.2 Å². The number of anilines is 1. The van der Waals surface area contributed by atoms with Crippen molar-refractivity contribution in [2.75, 3.05) is 26.2 Å². The molecule has 69 valence electrons. The Morgan fingerprint density at radius 2 is 1.85 bits per heavy atom. The van der Waals surface area contributed by atoms with E-state index in [-0.39, 0.29) is 0 Å². The molecule has 1 aliphatic heterocycles. The summed E-state index contributed by atoms with van der Waals surface area (Å²) in [5.74, 6) is 0. The summed E-state index contributed by atoms with van der Waals surface area (Å²) < 4.78 is 0. The van der Waals surface area contributed by atoms with Crippen LogP contribution in [0.5, 0.6) is 0 Å². The molecule has 1 radical (unpaired) electrons. The van der Waals surface area contributed by atoms with Crippen molar-refractivity contribution >= 4 is 17.3 Å². The van der Waals surface area contributed by atoms with Gasteiger partial charge in [0, 0.05) is 6.07 Å². The van der Waals surface area contributed by atoms with Gasteiger partial charge in [0.15, 0.2) is 5.69 Å². The molecule has 1 N–H and O–H groups in total. The Balaban J connectivity index is 2.18. The lowest BCUT2D eigenvalue weighted by atomic mass is 10.2. The van der Waals surface area contributed by atoms with E-state index in [0.29, 0.717) is 0 Å². The monoisotopic (exact) mass is 196 g/mol. The third-order valence-corrected chi connectivity index (χ3v) is 2.63. The van der Waals surface area contributed by atoms with Crippen LogP contribution in [0.3, 0.4) is 0 Å². The summed E-state index contributed by atoms with van der Waals surface area (Å²) in [6, 6.07) is 8.02. The molecule has 0 bridgehead atoms. The largest absolute Gasteiger partial charge is 0.306 e. The molecule has 1 aromatic rings. The normalized spacial score (nSPS) is 18.8. The number of para-hydroxylation sites is 1. The predicted molar refractivity (Wildman–Crippen MR) is 55.8 cm³/mol. The zero-order valence-electron chi connectivity index (χ0n) is 7.46. The van der Waals surface area contributed by atoms with Gasteiger partial charge < -0.3 is 5.32 Å². The van der Waals surface area contributed by atoms with Gasteiger partial charge in [-0.25, -0.2) is 0 Å². The van der Waals surface area contributed by atoms with E-state index >= 15 is 0 Å². The Bertz CT molecular complexity index is 282. The molecule has 1 heterocycles. The van der Waals surface area contributed by atoms with E-state index < -0.39 is 0 Å². The average molecular weight is 197 g/mol. The molecule has 3 heteroatoms. The van der Waals surface area contributed by atoms with E-state index in [0.717, 1.165) is 36.9 Å². The Labute approximate surface area is 83.5 Å². The van der Waals surface area contributed by atoms with Gasteiger partial charge in [0.25, 0.3) is 0 Å². The molecule has 2 nitrogen and oxygen atoms in total. The van der Waals surface area contributed by atoms with Crippen LogP contribution >= 0.6 is 11.6 Å². The molecule has 0 saturated carbocycles. The Kier molecular flexibility index (Phi) is 2.83. The number of nitrogens with one attached hydrogen (secondary N) is 1. The third kappa shape index (κ3) is 2.02. The number of piperazine rings is 1. The van der Waals surface area contributed by atoms with Crippen LogP contribution in [-0.2, 0) is 0 Å². The molecule has 13 heavy (non-hydrogen) atoms. The van der Waals surface area contributed by atoms with Gasteiger partial charge in [-0.15, -0.1) is 4.90 Å². The first-order valence-electron chi connectivity index (χ1n) is 4.58. The predicted octanol–water partition coefficient (Wildman–Crippen LogP) is 1.71. The standard InChI is InChI=1S/C10H13ClN2/c11-9-3-1-2-4-10(9)13-7-5-12-6-8-13/h1-4,12H,5-8H2/q+1. The molecule has 2 rings (SSSR count). The Hall–Kier alpha value is -0.570. The van der Waals surface area contributed by atoms with Crippen molar-refractivity contribution in [3.05, 3.63) is 29.3 Å². The molecule has 1 aromatic carbocycles. The lowest BCUT2D eigenvalue weighted by Crippen LogP contribution is -2.44. The third-order valence-electron chi connectivity index (χ3n) is 2.31. The molecule has 1 fully saturated rings. The van der Waals surface area contributed by atoms with Crippen LogP contribution < -0.4 is 10.2 Å². The van der Waals surface area contributed by atoms with Crippen molar-refractivity contribution in [3.63, 3.8) is 0 Å². The fourth-order valence-electron chi connectivity index (χ4n) is 1.61. The number of halogens is 1. The molecular formula is C10H13ClN2+. The van der Waals surface area contributed by atoms with Crippen LogP contribution in [-0.4, -0.2) is 26.2 Å². The van der Waals surface area contributed by atoms with E-state index in [9.17, 15) is 0 Å². The SMILES string of the molecule is Clc1ccccc1[N+]1CCNCC1. The number of nitrogens with zero attached hydrogens (tertiary/aromatic N) is 1. The second kappa shape index (κ2) is 4.09. The summed E-state index contributed by atoms with van der Waals surface area (Å²) in [5, 5.41) is 4.17. The number of hydrogen-bond donors (Lipinski definition) is 1. The topological polar surface area (TPSA) is 17.9 Å². The molecule has 0 unspecified atom stereocenters. The van der Waals surface area contributed by atoms with Crippen molar-refractivity contribution in [1.29, 1.82) is 0 Å². The quantitative estimate of drug-likeness (QED) is 0.678. The summed E-state index contributed by atoms with van der Waals surface area (Å²) >= 11 is 6.10. The van der Waals surface area contributed by atoms with Crippen LogP contribution in [0.15, 0.2) is 24.3 Å². The average Bonchev–Trinajstić information content (AvgIpc) is 2.20. The summed E-state index contributed by atoms with van der Waals surface area (Å²) in [6.45, 7) is 4.18. The van der Waals surface area contributed by atoms with Crippen LogP contribution in [0.1, 0.15) is 0 Å². The molecule has 0 aromatic heterocycles. The lowest BCUT2D eigenvalue weighted by Gasteiger charge is -2.17. The van der Waals surface area contributed by atoms with Crippen LogP contribution in [0.2, 0.25) is 5.02 Å². The second-order valence-corrected chi connectivity index (χ2v) is 3.60. The van der Waals surface area contributed by atoms with E-state index in [1.54, 1.807) is 0 Å².